The van der Waals surface area contributed by atoms with E-state index in [0.717, 1.165) is 27.8 Å². The predicted octanol–water partition coefficient (Wildman–Crippen LogP) is 4.68. The van der Waals surface area contributed by atoms with Crippen LogP contribution in [0.1, 0.15) is 5.56 Å². The van der Waals surface area contributed by atoms with Gasteiger partial charge in [-0.1, -0.05) is 30.3 Å². The number of nitro groups is 1. The van der Waals surface area contributed by atoms with Gasteiger partial charge in [-0.2, -0.15) is 10.2 Å². The number of non-ortho nitro benzene ring substituents is 1. The number of fused-ring (bicyclic) bond motifs is 1. The van der Waals surface area contributed by atoms with Crippen LogP contribution in [0.3, 0.4) is 0 Å². The van der Waals surface area contributed by atoms with Crippen molar-refractivity contribution >= 4 is 22.9 Å². The summed E-state index contributed by atoms with van der Waals surface area (Å²) in [5, 5.41) is 20.3. The normalized spacial score (nSPS) is 11.4. The first-order valence-electron chi connectivity index (χ1n) is 9.55. The Balaban J connectivity index is 1.59. The third kappa shape index (κ3) is 3.58. The monoisotopic (exact) mass is 408 g/mol. The molecule has 150 valence electrons. The summed E-state index contributed by atoms with van der Waals surface area (Å²) in [4.78, 5) is 14.9. The highest BCUT2D eigenvalue weighted by molar-refractivity contribution is 5.89. The average molecular weight is 408 g/mol. The van der Waals surface area contributed by atoms with Crippen molar-refractivity contribution in [3.63, 3.8) is 0 Å². The highest BCUT2D eigenvalue weighted by Gasteiger charge is 2.13. The second-order valence-corrected chi connectivity index (χ2v) is 6.84. The van der Waals surface area contributed by atoms with Gasteiger partial charge in [-0.3, -0.25) is 10.1 Å². The number of rotatable bonds is 5. The third-order valence-corrected chi connectivity index (χ3v) is 4.87. The van der Waals surface area contributed by atoms with Crippen LogP contribution in [0.15, 0.2) is 96.5 Å². The molecule has 8 heteroatoms. The molecule has 2 aromatic heterocycles. The molecule has 0 saturated heterocycles. The van der Waals surface area contributed by atoms with Crippen molar-refractivity contribution in [1.82, 2.24) is 19.4 Å². The quantitative estimate of drug-likeness (QED) is 0.240. The van der Waals surface area contributed by atoms with Crippen molar-refractivity contribution in [1.29, 1.82) is 0 Å². The van der Waals surface area contributed by atoms with Crippen molar-refractivity contribution in [3.8, 4) is 16.9 Å². The van der Waals surface area contributed by atoms with Crippen molar-refractivity contribution in [3.05, 3.63) is 107 Å². The van der Waals surface area contributed by atoms with Crippen LogP contribution in [0.5, 0.6) is 0 Å². The molecule has 5 aromatic rings. The van der Waals surface area contributed by atoms with E-state index >= 15 is 0 Å². The first-order valence-corrected chi connectivity index (χ1v) is 9.55. The third-order valence-electron chi connectivity index (χ3n) is 4.87. The minimum absolute atomic E-state index is 0.0337. The number of nitro benzene ring substituents is 1. The molecule has 3 aromatic carbocycles. The van der Waals surface area contributed by atoms with E-state index in [-0.39, 0.29) is 5.69 Å². The fraction of sp³-hybridized carbons (Fsp3) is 0. The zero-order chi connectivity index (χ0) is 21.2. The van der Waals surface area contributed by atoms with E-state index in [9.17, 15) is 10.1 Å². The SMILES string of the molecule is O=[N+]([O-])c1ccc(-c2nn(-c3ccccc3)cc2/C=N\n2cnc3ccccc32)cc1. The van der Waals surface area contributed by atoms with Crippen LogP contribution in [0.4, 0.5) is 5.69 Å². The molecular weight excluding hydrogens is 392 g/mol. The molecule has 0 N–H and O–H groups in total. The van der Waals surface area contributed by atoms with Gasteiger partial charge in [-0.15, -0.1) is 0 Å². The molecule has 0 atom stereocenters. The van der Waals surface area contributed by atoms with E-state index in [0.29, 0.717) is 5.69 Å². The van der Waals surface area contributed by atoms with Crippen LogP contribution in [0.25, 0.3) is 28.0 Å². The number of para-hydroxylation sites is 3. The van der Waals surface area contributed by atoms with Crippen LogP contribution in [-0.2, 0) is 0 Å². The Labute approximate surface area is 176 Å². The summed E-state index contributed by atoms with van der Waals surface area (Å²) in [5.41, 5.74) is 4.89. The molecule has 0 aliphatic rings. The summed E-state index contributed by atoms with van der Waals surface area (Å²) in [7, 11) is 0. The molecule has 31 heavy (non-hydrogen) atoms. The molecule has 8 nitrogen and oxygen atoms in total. The zero-order valence-corrected chi connectivity index (χ0v) is 16.2. The standard InChI is InChI=1S/C23H16N6O2/c30-29(31)20-12-10-17(11-13-20)23-18(15-27(26-23)19-6-2-1-3-7-19)14-25-28-16-24-21-8-4-5-9-22(21)28/h1-16H/b25-14-. The van der Waals surface area contributed by atoms with Gasteiger partial charge in [0.2, 0.25) is 0 Å². The summed E-state index contributed by atoms with van der Waals surface area (Å²) < 4.78 is 3.47. The Morgan fingerprint density at radius 2 is 1.68 bits per heavy atom. The summed E-state index contributed by atoms with van der Waals surface area (Å²) >= 11 is 0. The molecule has 0 bridgehead atoms. The predicted molar refractivity (Wildman–Crippen MR) is 118 cm³/mol. The minimum atomic E-state index is -0.418. The van der Waals surface area contributed by atoms with Gasteiger partial charge in [-0.05, 0) is 36.4 Å². The lowest BCUT2D eigenvalue weighted by Gasteiger charge is -2.00. The number of hydrogen-bond acceptors (Lipinski definition) is 5. The smallest absolute Gasteiger partial charge is 0.258 e. The van der Waals surface area contributed by atoms with Crippen LogP contribution in [0.2, 0.25) is 0 Å². The lowest BCUT2D eigenvalue weighted by atomic mass is 10.1. The summed E-state index contributed by atoms with van der Waals surface area (Å²) in [6.07, 6.45) is 5.26. The fourth-order valence-corrected chi connectivity index (χ4v) is 3.32. The van der Waals surface area contributed by atoms with Gasteiger partial charge < -0.3 is 0 Å². The maximum atomic E-state index is 11.0. The Kier molecular flexibility index (Phi) is 4.57. The van der Waals surface area contributed by atoms with Crippen molar-refractivity contribution in [2.45, 2.75) is 0 Å². The number of benzene rings is 3. The Morgan fingerprint density at radius 1 is 0.935 bits per heavy atom. The first kappa shape index (κ1) is 18.4. The van der Waals surface area contributed by atoms with Crippen LogP contribution in [0, 0.1) is 10.1 Å². The Morgan fingerprint density at radius 3 is 2.45 bits per heavy atom. The Hall–Kier alpha value is -4.59. The van der Waals surface area contributed by atoms with E-state index in [1.54, 1.807) is 34.0 Å². The van der Waals surface area contributed by atoms with Crippen LogP contribution < -0.4 is 0 Å². The van der Waals surface area contributed by atoms with Crippen molar-refractivity contribution in [2.24, 2.45) is 5.10 Å². The van der Waals surface area contributed by atoms with E-state index in [4.69, 9.17) is 5.10 Å². The topological polar surface area (TPSA) is 91.1 Å². The maximum Gasteiger partial charge on any atom is 0.269 e. The number of nitrogens with zero attached hydrogens (tertiary/aromatic N) is 6. The average Bonchev–Trinajstić information content (AvgIpc) is 3.43. The molecule has 0 saturated carbocycles. The molecule has 0 aliphatic heterocycles. The van der Waals surface area contributed by atoms with Gasteiger partial charge >= 0.3 is 0 Å². The summed E-state index contributed by atoms with van der Waals surface area (Å²) in [6.45, 7) is 0. The zero-order valence-electron chi connectivity index (χ0n) is 16.2. The van der Waals surface area contributed by atoms with E-state index < -0.39 is 4.92 Å². The molecular formula is C23H16N6O2. The first-order chi connectivity index (χ1) is 15.2. The van der Waals surface area contributed by atoms with Gasteiger partial charge in [0.05, 0.1) is 27.9 Å². The fourth-order valence-electron chi connectivity index (χ4n) is 3.32. The van der Waals surface area contributed by atoms with Gasteiger partial charge in [0, 0.05) is 29.5 Å². The molecule has 0 aliphatic carbocycles. The second-order valence-electron chi connectivity index (χ2n) is 6.84. The summed E-state index contributed by atoms with van der Waals surface area (Å²) in [5.74, 6) is 0. The molecule has 0 unspecified atom stereocenters. The van der Waals surface area contributed by atoms with Gasteiger partial charge in [0.1, 0.15) is 12.0 Å². The molecule has 5 rings (SSSR count). The van der Waals surface area contributed by atoms with Gasteiger partial charge in [0.15, 0.2) is 0 Å². The van der Waals surface area contributed by atoms with Crippen molar-refractivity contribution in [2.75, 3.05) is 0 Å². The lowest BCUT2D eigenvalue weighted by Crippen LogP contribution is -1.94. The minimum Gasteiger partial charge on any atom is -0.258 e. The van der Waals surface area contributed by atoms with Gasteiger partial charge in [0.25, 0.3) is 5.69 Å². The van der Waals surface area contributed by atoms with Crippen LogP contribution in [-0.4, -0.2) is 30.6 Å². The largest absolute Gasteiger partial charge is 0.269 e. The summed E-state index contributed by atoms with van der Waals surface area (Å²) in [6, 6.07) is 23.8. The highest BCUT2D eigenvalue weighted by atomic mass is 16.6. The molecule has 0 spiro atoms. The molecule has 0 radical (unpaired) electrons. The number of imidazole rings is 1. The van der Waals surface area contributed by atoms with Crippen molar-refractivity contribution < 1.29 is 4.92 Å². The van der Waals surface area contributed by atoms with E-state index in [1.165, 1.54) is 12.1 Å². The number of aromatic nitrogens is 4. The van der Waals surface area contributed by atoms with Crippen LogP contribution >= 0.6 is 0 Å². The van der Waals surface area contributed by atoms with Gasteiger partial charge in [-0.25, -0.2) is 14.3 Å². The Bertz CT molecular complexity index is 1400. The molecule has 2 heterocycles. The van der Waals surface area contributed by atoms with E-state index in [1.807, 2.05) is 60.8 Å². The maximum absolute atomic E-state index is 11.0. The lowest BCUT2D eigenvalue weighted by molar-refractivity contribution is -0.384. The molecule has 0 fully saturated rings. The molecule has 0 amide bonds. The van der Waals surface area contributed by atoms with E-state index in [2.05, 4.69) is 10.1 Å². The highest BCUT2D eigenvalue weighted by Crippen LogP contribution is 2.25. The number of hydrogen-bond donors (Lipinski definition) is 0. The second kappa shape index (κ2) is 7.68.